The number of aliphatic hydroxyl groups excluding tert-OH is 1. The summed E-state index contributed by atoms with van der Waals surface area (Å²) >= 11 is 0. The molecule has 0 radical (unpaired) electrons. The number of carbonyl (C=O) groups is 1. The standard InChI is InChI=1S/C19H18F2N2O3/c1-10-13-7-8-23(9-12-5-4-6-14(20)16(12)21)18(13)22-11(2)15(10)17(24)19(25)26-3/h4-8,17,24H,9H2,1-3H3. The fourth-order valence-electron chi connectivity index (χ4n) is 3.13. The molecule has 0 spiro atoms. The molecule has 1 unspecified atom stereocenters. The van der Waals surface area contributed by atoms with Crippen LogP contribution in [0.3, 0.4) is 0 Å². The first-order chi connectivity index (χ1) is 12.3. The van der Waals surface area contributed by atoms with Crippen LogP contribution in [0.1, 0.15) is 28.5 Å². The van der Waals surface area contributed by atoms with Gasteiger partial charge >= 0.3 is 5.97 Å². The number of aliphatic hydroxyl groups is 1. The Labute approximate surface area is 148 Å². The first-order valence-corrected chi connectivity index (χ1v) is 7.99. The number of nitrogens with zero attached hydrogens (tertiary/aromatic N) is 2. The van der Waals surface area contributed by atoms with E-state index in [2.05, 4.69) is 9.72 Å². The molecule has 26 heavy (non-hydrogen) atoms. The molecule has 5 nitrogen and oxygen atoms in total. The summed E-state index contributed by atoms with van der Waals surface area (Å²) in [6.45, 7) is 3.55. The minimum Gasteiger partial charge on any atom is -0.467 e. The van der Waals surface area contributed by atoms with E-state index in [1.807, 2.05) is 0 Å². The van der Waals surface area contributed by atoms with Crippen LogP contribution in [0.2, 0.25) is 0 Å². The molecule has 0 fully saturated rings. The van der Waals surface area contributed by atoms with E-state index < -0.39 is 23.7 Å². The predicted molar refractivity (Wildman–Crippen MR) is 91.6 cm³/mol. The maximum Gasteiger partial charge on any atom is 0.339 e. The first-order valence-electron chi connectivity index (χ1n) is 7.99. The summed E-state index contributed by atoms with van der Waals surface area (Å²) in [5.74, 6) is -2.55. The van der Waals surface area contributed by atoms with E-state index in [9.17, 15) is 18.7 Å². The van der Waals surface area contributed by atoms with Crippen molar-refractivity contribution < 1.29 is 23.4 Å². The SMILES string of the molecule is COC(=O)C(O)c1c(C)nc2c(ccn2Cc2cccc(F)c2F)c1C. The molecule has 0 bridgehead atoms. The first kappa shape index (κ1) is 18.0. The molecule has 136 valence electrons. The van der Waals surface area contributed by atoms with E-state index in [0.29, 0.717) is 27.9 Å². The summed E-state index contributed by atoms with van der Waals surface area (Å²) in [4.78, 5) is 16.1. The number of halogens is 2. The highest BCUT2D eigenvalue weighted by Crippen LogP contribution is 2.29. The zero-order valence-corrected chi connectivity index (χ0v) is 14.6. The average molecular weight is 360 g/mol. The molecule has 0 aliphatic carbocycles. The molecule has 1 aromatic carbocycles. The third kappa shape index (κ3) is 2.94. The van der Waals surface area contributed by atoms with Gasteiger partial charge in [0, 0.05) is 28.4 Å². The van der Waals surface area contributed by atoms with Crippen LogP contribution in [0, 0.1) is 25.5 Å². The Balaban J connectivity index is 2.08. The number of methoxy groups -OCH3 is 1. The number of fused-ring (bicyclic) bond motifs is 1. The van der Waals surface area contributed by atoms with Crippen molar-refractivity contribution in [2.45, 2.75) is 26.5 Å². The van der Waals surface area contributed by atoms with Gasteiger partial charge in [0.2, 0.25) is 0 Å². The Morgan fingerprint density at radius 1 is 1.31 bits per heavy atom. The van der Waals surface area contributed by atoms with E-state index in [0.717, 1.165) is 6.07 Å². The number of aromatic nitrogens is 2. The normalized spacial score (nSPS) is 12.4. The highest BCUT2D eigenvalue weighted by Gasteiger charge is 2.25. The average Bonchev–Trinajstić information content (AvgIpc) is 3.01. The van der Waals surface area contributed by atoms with Gasteiger partial charge in [-0.3, -0.25) is 0 Å². The molecule has 3 aromatic rings. The van der Waals surface area contributed by atoms with E-state index >= 15 is 0 Å². The van der Waals surface area contributed by atoms with E-state index in [4.69, 9.17) is 0 Å². The van der Waals surface area contributed by atoms with Crippen LogP contribution < -0.4 is 0 Å². The monoisotopic (exact) mass is 360 g/mol. The van der Waals surface area contributed by atoms with Crippen LogP contribution in [0.5, 0.6) is 0 Å². The summed E-state index contributed by atoms with van der Waals surface area (Å²) < 4.78 is 33.7. The van der Waals surface area contributed by atoms with E-state index in [-0.39, 0.29) is 12.1 Å². The van der Waals surface area contributed by atoms with Crippen molar-refractivity contribution in [1.82, 2.24) is 9.55 Å². The van der Waals surface area contributed by atoms with Crippen LogP contribution in [0.4, 0.5) is 8.78 Å². The topological polar surface area (TPSA) is 64.3 Å². The Kier molecular flexibility index (Phi) is 4.73. The molecule has 0 saturated heterocycles. The number of pyridine rings is 1. The van der Waals surface area contributed by atoms with Crippen molar-refractivity contribution in [3.63, 3.8) is 0 Å². The molecule has 2 aromatic heterocycles. The number of aryl methyl sites for hydroxylation is 2. The Bertz CT molecular complexity index is 998. The maximum atomic E-state index is 14.0. The second-order valence-electron chi connectivity index (χ2n) is 6.06. The van der Waals surface area contributed by atoms with Gasteiger partial charge in [-0.05, 0) is 31.5 Å². The number of hydrogen-bond acceptors (Lipinski definition) is 4. The van der Waals surface area contributed by atoms with Gasteiger partial charge < -0.3 is 14.4 Å². The van der Waals surface area contributed by atoms with Crippen LogP contribution in [0.15, 0.2) is 30.5 Å². The minimum atomic E-state index is -1.43. The lowest BCUT2D eigenvalue weighted by Gasteiger charge is -2.16. The van der Waals surface area contributed by atoms with Crippen molar-refractivity contribution in [3.8, 4) is 0 Å². The third-order valence-corrected chi connectivity index (χ3v) is 4.48. The molecule has 3 rings (SSSR count). The predicted octanol–water partition coefficient (Wildman–Crippen LogP) is 3.19. The van der Waals surface area contributed by atoms with Crippen molar-refractivity contribution in [3.05, 3.63) is 64.5 Å². The van der Waals surface area contributed by atoms with Gasteiger partial charge in [-0.25, -0.2) is 18.6 Å². The lowest BCUT2D eigenvalue weighted by molar-refractivity contribution is -0.150. The fraction of sp³-hybridized carbons (Fsp3) is 0.263. The van der Waals surface area contributed by atoms with Crippen LogP contribution in [-0.4, -0.2) is 27.7 Å². The smallest absolute Gasteiger partial charge is 0.339 e. The molecule has 0 amide bonds. The van der Waals surface area contributed by atoms with Crippen LogP contribution in [0.25, 0.3) is 11.0 Å². The van der Waals surface area contributed by atoms with Crippen molar-refractivity contribution >= 4 is 17.0 Å². The largest absolute Gasteiger partial charge is 0.467 e. The fourth-order valence-corrected chi connectivity index (χ4v) is 3.13. The number of rotatable bonds is 4. The highest BCUT2D eigenvalue weighted by atomic mass is 19.2. The second kappa shape index (κ2) is 6.84. The van der Waals surface area contributed by atoms with Gasteiger partial charge in [-0.2, -0.15) is 0 Å². The minimum absolute atomic E-state index is 0.109. The molecular formula is C19H18F2N2O3. The molecule has 0 saturated carbocycles. The van der Waals surface area contributed by atoms with Crippen molar-refractivity contribution in [2.75, 3.05) is 7.11 Å². The van der Waals surface area contributed by atoms with Crippen LogP contribution >= 0.6 is 0 Å². The summed E-state index contributed by atoms with van der Waals surface area (Å²) in [6, 6.07) is 5.80. The highest BCUT2D eigenvalue weighted by molar-refractivity contribution is 5.85. The second-order valence-corrected chi connectivity index (χ2v) is 6.06. The Morgan fingerprint density at radius 3 is 2.73 bits per heavy atom. The lowest BCUT2D eigenvalue weighted by Crippen LogP contribution is -2.17. The Hall–Kier alpha value is -2.80. The number of benzene rings is 1. The van der Waals surface area contributed by atoms with Gasteiger partial charge in [0.1, 0.15) is 5.65 Å². The molecule has 2 heterocycles. The van der Waals surface area contributed by atoms with Gasteiger partial charge in [0.25, 0.3) is 0 Å². The molecule has 7 heteroatoms. The van der Waals surface area contributed by atoms with Gasteiger partial charge in [-0.1, -0.05) is 12.1 Å². The van der Waals surface area contributed by atoms with Crippen LogP contribution in [-0.2, 0) is 16.1 Å². The van der Waals surface area contributed by atoms with Gasteiger partial charge in [0.05, 0.1) is 13.7 Å². The molecule has 1 N–H and O–H groups in total. The van der Waals surface area contributed by atoms with Crippen molar-refractivity contribution in [1.29, 1.82) is 0 Å². The molecule has 0 aliphatic heterocycles. The number of carbonyl (C=O) groups excluding carboxylic acids is 1. The molecule has 1 atom stereocenters. The third-order valence-electron chi connectivity index (χ3n) is 4.48. The Morgan fingerprint density at radius 2 is 2.04 bits per heavy atom. The number of esters is 1. The van der Waals surface area contributed by atoms with Gasteiger partial charge in [0.15, 0.2) is 17.7 Å². The summed E-state index contributed by atoms with van der Waals surface area (Å²) in [6.07, 6.45) is 0.281. The summed E-state index contributed by atoms with van der Waals surface area (Å²) in [5.41, 5.74) is 2.30. The molecular weight excluding hydrogens is 342 g/mol. The summed E-state index contributed by atoms with van der Waals surface area (Å²) in [7, 11) is 1.20. The zero-order chi connectivity index (χ0) is 19.0. The zero-order valence-electron chi connectivity index (χ0n) is 14.6. The lowest BCUT2D eigenvalue weighted by atomic mass is 10.00. The van der Waals surface area contributed by atoms with E-state index in [1.54, 1.807) is 30.7 Å². The maximum absolute atomic E-state index is 14.0. The quantitative estimate of drug-likeness (QED) is 0.726. The number of hydrogen-bond donors (Lipinski definition) is 1. The molecule has 0 aliphatic rings. The van der Waals surface area contributed by atoms with Gasteiger partial charge in [-0.15, -0.1) is 0 Å². The summed E-state index contributed by atoms with van der Waals surface area (Å²) in [5, 5.41) is 10.9. The van der Waals surface area contributed by atoms with Crippen molar-refractivity contribution in [2.24, 2.45) is 0 Å². The number of ether oxygens (including phenoxy) is 1. The van der Waals surface area contributed by atoms with E-state index in [1.165, 1.54) is 19.2 Å².